The standard InChI is InChI=1S/C17H12O4/c1-2-6-10-9(5-1)13-14(10)19-17(18-13)20-15-11-7-3-4-8-12(11)16(15)21-17/h1-8,13-16H. The SMILES string of the molecule is c1ccc2c(c1)C1OC3(OC21)OC1c2ccccc2C1O3. The maximum Gasteiger partial charge on any atom is 0.415 e. The third-order valence-electron chi connectivity index (χ3n) is 4.85. The second-order valence-electron chi connectivity index (χ2n) is 5.91. The molecular formula is C17H12O4. The van der Waals surface area contributed by atoms with Gasteiger partial charge in [-0.1, -0.05) is 48.5 Å². The lowest BCUT2D eigenvalue weighted by Gasteiger charge is -2.29. The van der Waals surface area contributed by atoms with Gasteiger partial charge in [-0.3, -0.25) is 18.9 Å². The van der Waals surface area contributed by atoms with Gasteiger partial charge in [0.25, 0.3) is 0 Å². The second kappa shape index (κ2) is 3.36. The molecule has 6 rings (SSSR count). The van der Waals surface area contributed by atoms with Gasteiger partial charge in [0.05, 0.1) is 0 Å². The summed E-state index contributed by atoms with van der Waals surface area (Å²) in [5.41, 5.74) is 4.68. The number of rotatable bonds is 0. The molecule has 0 aromatic heterocycles. The Hall–Kier alpha value is -1.72. The van der Waals surface area contributed by atoms with E-state index in [4.69, 9.17) is 18.9 Å². The van der Waals surface area contributed by atoms with Crippen molar-refractivity contribution in [3.8, 4) is 0 Å². The largest absolute Gasteiger partial charge is 0.415 e. The molecule has 4 heteroatoms. The fourth-order valence-electron chi connectivity index (χ4n) is 3.81. The van der Waals surface area contributed by atoms with Crippen molar-refractivity contribution in [3.63, 3.8) is 0 Å². The molecule has 2 aromatic carbocycles. The summed E-state index contributed by atoms with van der Waals surface area (Å²) < 4.78 is 23.9. The molecule has 1 spiro atoms. The molecule has 0 N–H and O–H groups in total. The highest BCUT2D eigenvalue weighted by atomic mass is 17.1. The topological polar surface area (TPSA) is 36.9 Å². The van der Waals surface area contributed by atoms with Crippen LogP contribution in [0.5, 0.6) is 0 Å². The van der Waals surface area contributed by atoms with Crippen LogP contribution in [0.3, 0.4) is 0 Å². The summed E-state index contributed by atoms with van der Waals surface area (Å²) in [6.45, 7) is 0. The monoisotopic (exact) mass is 280 g/mol. The van der Waals surface area contributed by atoms with Crippen LogP contribution in [0.15, 0.2) is 48.5 Å². The summed E-state index contributed by atoms with van der Waals surface area (Å²) in [4.78, 5) is 0. The summed E-state index contributed by atoms with van der Waals surface area (Å²) >= 11 is 0. The van der Waals surface area contributed by atoms with Gasteiger partial charge in [-0.2, -0.15) is 0 Å². The molecule has 2 saturated heterocycles. The van der Waals surface area contributed by atoms with Gasteiger partial charge in [0.1, 0.15) is 24.4 Å². The Labute approximate surface area is 121 Å². The third kappa shape index (κ3) is 1.17. The first-order valence-corrected chi connectivity index (χ1v) is 7.24. The zero-order valence-electron chi connectivity index (χ0n) is 11.1. The van der Waals surface area contributed by atoms with Crippen LogP contribution >= 0.6 is 0 Å². The normalized spacial score (nSPS) is 40.8. The number of ether oxygens (including phenoxy) is 4. The molecule has 4 unspecified atom stereocenters. The lowest BCUT2D eigenvalue weighted by atomic mass is 9.83. The molecule has 0 amide bonds. The summed E-state index contributed by atoms with van der Waals surface area (Å²) in [6, 6.07) is 16.3. The van der Waals surface area contributed by atoms with Crippen molar-refractivity contribution in [1.82, 2.24) is 0 Å². The van der Waals surface area contributed by atoms with E-state index in [0.29, 0.717) is 0 Å². The molecule has 0 saturated carbocycles. The van der Waals surface area contributed by atoms with E-state index in [1.807, 2.05) is 24.3 Å². The Kier molecular flexibility index (Phi) is 1.75. The van der Waals surface area contributed by atoms with Crippen LogP contribution in [0.25, 0.3) is 0 Å². The Morgan fingerprint density at radius 1 is 0.524 bits per heavy atom. The van der Waals surface area contributed by atoms with Gasteiger partial charge in [0.15, 0.2) is 0 Å². The van der Waals surface area contributed by atoms with Crippen LogP contribution in [0.1, 0.15) is 46.7 Å². The van der Waals surface area contributed by atoms with E-state index in [-0.39, 0.29) is 24.4 Å². The number of hydrogen-bond acceptors (Lipinski definition) is 4. The van der Waals surface area contributed by atoms with Gasteiger partial charge in [-0.15, -0.1) is 0 Å². The molecule has 0 radical (unpaired) electrons. The fourth-order valence-corrected chi connectivity index (χ4v) is 3.81. The van der Waals surface area contributed by atoms with E-state index in [9.17, 15) is 0 Å². The first-order chi connectivity index (χ1) is 10.3. The van der Waals surface area contributed by atoms with E-state index in [0.717, 1.165) is 0 Å². The Morgan fingerprint density at radius 3 is 1.10 bits per heavy atom. The van der Waals surface area contributed by atoms with E-state index in [2.05, 4.69) is 24.3 Å². The molecular weight excluding hydrogens is 268 g/mol. The maximum absolute atomic E-state index is 5.98. The van der Waals surface area contributed by atoms with Crippen LogP contribution in [0, 0.1) is 0 Å². The van der Waals surface area contributed by atoms with Gasteiger partial charge in [-0.25, -0.2) is 0 Å². The van der Waals surface area contributed by atoms with Crippen molar-refractivity contribution >= 4 is 0 Å². The molecule has 4 nitrogen and oxygen atoms in total. The van der Waals surface area contributed by atoms with Crippen LogP contribution in [0.4, 0.5) is 0 Å². The minimum absolute atomic E-state index is 0.0817. The average molecular weight is 280 g/mol. The first kappa shape index (κ1) is 10.9. The second-order valence-corrected chi connectivity index (χ2v) is 5.91. The van der Waals surface area contributed by atoms with Crippen molar-refractivity contribution in [2.75, 3.05) is 0 Å². The highest BCUT2D eigenvalue weighted by molar-refractivity contribution is 5.44. The van der Waals surface area contributed by atoms with Crippen LogP contribution in [-0.4, -0.2) is 6.16 Å². The van der Waals surface area contributed by atoms with Crippen molar-refractivity contribution in [3.05, 3.63) is 70.8 Å². The van der Waals surface area contributed by atoms with Crippen molar-refractivity contribution in [2.24, 2.45) is 0 Å². The van der Waals surface area contributed by atoms with Crippen LogP contribution in [-0.2, 0) is 18.9 Å². The third-order valence-corrected chi connectivity index (χ3v) is 4.85. The molecule has 104 valence electrons. The Balaban J connectivity index is 1.34. The predicted molar refractivity (Wildman–Crippen MR) is 70.9 cm³/mol. The van der Waals surface area contributed by atoms with Gasteiger partial charge in [0.2, 0.25) is 0 Å². The molecule has 2 aromatic rings. The van der Waals surface area contributed by atoms with E-state index < -0.39 is 6.16 Å². The Morgan fingerprint density at radius 2 is 0.810 bits per heavy atom. The lowest BCUT2D eigenvalue weighted by molar-refractivity contribution is -0.438. The summed E-state index contributed by atoms with van der Waals surface area (Å²) in [5, 5.41) is 0. The quantitative estimate of drug-likeness (QED) is 0.742. The molecule has 4 atom stereocenters. The zero-order valence-corrected chi connectivity index (χ0v) is 11.1. The summed E-state index contributed by atoms with van der Waals surface area (Å²) in [5.74, 6) is 0. The van der Waals surface area contributed by atoms with Gasteiger partial charge in [-0.05, 0) is 22.3 Å². The minimum Gasteiger partial charge on any atom is -0.292 e. The Bertz CT molecular complexity index is 640. The minimum atomic E-state index is -1.34. The molecule has 2 heterocycles. The molecule has 4 aliphatic rings. The van der Waals surface area contributed by atoms with Gasteiger partial charge >= 0.3 is 6.16 Å². The lowest BCUT2D eigenvalue weighted by Crippen LogP contribution is -2.30. The van der Waals surface area contributed by atoms with Crippen molar-refractivity contribution in [1.29, 1.82) is 0 Å². The molecule has 0 bridgehead atoms. The van der Waals surface area contributed by atoms with Crippen LogP contribution in [0.2, 0.25) is 0 Å². The van der Waals surface area contributed by atoms with Crippen LogP contribution < -0.4 is 0 Å². The summed E-state index contributed by atoms with van der Waals surface area (Å²) in [7, 11) is 0. The highest BCUT2D eigenvalue weighted by Crippen LogP contribution is 2.64. The molecule has 2 aliphatic carbocycles. The smallest absolute Gasteiger partial charge is 0.292 e. The van der Waals surface area contributed by atoms with Gasteiger partial charge in [0, 0.05) is 0 Å². The highest BCUT2D eigenvalue weighted by Gasteiger charge is 2.65. The summed E-state index contributed by atoms with van der Waals surface area (Å²) in [6.07, 6.45) is -1.67. The van der Waals surface area contributed by atoms with Crippen molar-refractivity contribution in [2.45, 2.75) is 30.6 Å². The van der Waals surface area contributed by atoms with Crippen molar-refractivity contribution < 1.29 is 18.9 Å². The van der Waals surface area contributed by atoms with E-state index >= 15 is 0 Å². The number of fused-ring (bicyclic) bond motifs is 8. The number of benzene rings is 2. The molecule has 2 fully saturated rings. The molecule has 2 aliphatic heterocycles. The molecule has 21 heavy (non-hydrogen) atoms. The zero-order chi connectivity index (χ0) is 13.6. The number of hydrogen-bond donors (Lipinski definition) is 0. The van der Waals surface area contributed by atoms with E-state index in [1.165, 1.54) is 22.3 Å². The fraction of sp³-hybridized carbons (Fsp3) is 0.294. The van der Waals surface area contributed by atoms with E-state index in [1.54, 1.807) is 0 Å². The first-order valence-electron chi connectivity index (χ1n) is 7.24. The maximum atomic E-state index is 5.98. The average Bonchev–Trinajstić information content (AvgIpc) is 3.02. The van der Waals surface area contributed by atoms with Gasteiger partial charge < -0.3 is 0 Å². The predicted octanol–water partition coefficient (Wildman–Crippen LogP) is 3.28.